The molecule has 4 nitrogen and oxygen atoms in total. The molecule has 0 spiro atoms. The van der Waals surface area contributed by atoms with Crippen LogP contribution in [0.25, 0.3) is 22.3 Å². The quantitative estimate of drug-likeness (QED) is 0.0979. The van der Waals surface area contributed by atoms with E-state index < -0.39 is 0 Å². The Balaban J connectivity index is 0. The number of aliphatic imine (C=N–C) groups is 2. The maximum atomic E-state index is 5.08. The van der Waals surface area contributed by atoms with Crippen LogP contribution in [0.2, 0.25) is 0 Å². The summed E-state index contributed by atoms with van der Waals surface area (Å²) in [5, 5.41) is 0. The SMILES string of the molecule is Cc1c(-c2cc(C(C)C)c(N=Cc3ccccn3)c(C(C)C)c2)cc(C(C)C)cc1-c1cc(C(C)C)c(N=Cc2ccccn2)c(C(C)C)c1.Cl.Cl.Cl.Cl.[Cu].[Cu]. The minimum Gasteiger partial charge on any atom is -0.255 e. The van der Waals surface area contributed by atoms with Gasteiger partial charge in [-0.25, -0.2) is 0 Å². The van der Waals surface area contributed by atoms with Crippen LogP contribution in [0.15, 0.2) is 95.2 Å². The van der Waals surface area contributed by atoms with Gasteiger partial charge in [-0.05, 0) is 141 Å². The molecule has 312 valence electrons. The third kappa shape index (κ3) is 13.3. The summed E-state index contributed by atoms with van der Waals surface area (Å²) < 4.78 is 0. The van der Waals surface area contributed by atoms with E-state index in [0.717, 1.165) is 22.8 Å². The van der Waals surface area contributed by atoms with Crippen molar-refractivity contribution in [2.45, 2.75) is 106 Å². The molecule has 3 aromatic carbocycles. The summed E-state index contributed by atoms with van der Waals surface area (Å²) in [6.45, 7) is 25.0. The van der Waals surface area contributed by atoms with E-state index in [9.17, 15) is 0 Å². The molecule has 0 aliphatic heterocycles. The Hall–Kier alpha value is -2.50. The van der Waals surface area contributed by atoms with Crippen LogP contribution in [0.1, 0.15) is 144 Å². The molecule has 0 aliphatic rings. The van der Waals surface area contributed by atoms with Crippen molar-refractivity contribution in [3.63, 3.8) is 0 Å². The maximum absolute atomic E-state index is 5.08. The molecule has 0 N–H and O–H groups in total. The molecule has 10 heteroatoms. The number of benzene rings is 3. The average molecular weight is 936 g/mol. The number of pyridine rings is 2. The molecule has 0 unspecified atom stereocenters. The van der Waals surface area contributed by atoms with Crippen molar-refractivity contribution < 1.29 is 34.1 Å². The van der Waals surface area contributed by atoms with Gasteiger partial charge in [-0.3, -0.25) is 20.0 Å². The average Bonchev–Trinajstić information content (AvgIpc) is 3.09. The summed E-state index contributed by atoms with van der Waals surface area (Å²) in [6.07, 6.45) is 7.43. The van der Waals surface area contributed by atoms with E-state index in [-0.39, 0.29) is 83.8 Å². The van der Waals surface area contributed by atoms with Crippen molar-refractivity contribution in [3.05, 3.63) is 130 Å². The van der Waals surface area contributed by atoms with Crippen molar-refractivity contribution in [2.24, 2.45) is 9.98 Å². The van der Waals surface area contributed by atoms with Gasteiger partial charge in [-0.2, -0.15) is 0 Å². The van der Waals surface area contributed by atoms with Crippen LogP contribution in [0.5, 0.6) is 0 Å². The number of hydrogen-bond donors (Lipinski definition) is 0. The van der Waals surface area contributed by atoms with Gasteiger partial charge in [0.25, 0.3) is 0 Å². The van der Waals surface area contributed by atoms with E-state index in [0.29, 0.717) is 29.6 Å². The molecule has 2 radical (unpaired) electrons. The van der Waals surface area contributed by atoms with Crippen molar-refractivity contribution in [3.8, 4) is 22.3 Å². The van der Waals surface area contributed by atoms with Crippen LogP contribution in [0, 0.1) is 6.92 Å². The Morgan fingerprint density at radius 1 is 0.464 bits per heavy atom. The number of rotatable bonds is 11. The van der Waals surface area contributed by atoms with Gasteiger partial charge in [-0.1, -0.05) is 93.5 Å². The van der Waals surface area contributed by atoms with Crippen LogP contribution in [0.3, 0.4) is 0 Å². The van der Waals surface area contributed by atoms with E-state index in [2.05, 4.69) is 123 Å². The predicted molar refractivity (Wildman–Crippen MR) is 244 cm³/mol. The minimum atomic E-state index is 0. The second-order valence-corrected chi connectivity index (χ2v) is 15.0. The topological polar surface area (TPSA) is 50.5 Å². The molecular formula is C46H58Cl4Cu2N4. The zero-order valence-corrected chi connectivity index (χ0v) is 39.3. The van der Waals surface area contributed by atoms with Crippen molar-refractivity contribution in [1.82, 2.24) is 9.97 Å². The number of aromatic nitrogens is 2. The predicted octanol–water partition coefficient (Wildman–Crippen LogP) is 14.9. The van der Waals surface area contributed by atoms with Crippen LogP contribution < -0.4 is 0 Å². The minimum absolute atomic E-state index is 0. The summed E-state index contributed by atoms with van der Waals surface area (Å²) in [5.41, 5.74) is 16.6. The molecule has 2 aromatic heterocycles. The third-order valence-electron chi connectivity index (χ3n) is 9.57. The molecule has 0 atom stereocenters. The fraction of sp³-hybridized carbons (Fsp3) is 0.348. The van der Waals surface area contributed by atoms with Gasteiger partial charge in [0.2, 0.25) is 0 Å². The van der Waals surface area contributed by atoms with Gasteiger partial charge in [0, 0.05) is 46.5 Å². The summed E-state index contributed by atoms with van der Waals surface area (Å²) in [7, 11) is 0. The Bertz CT molecular complexity index is 1820. The van der Waals surface area contributed by atoms with Crippen molar-refractivity contribution >= 4 is 73.4 Å². The molecule has 0 bridgehead atoms. The molecule has 0 saturated heterocycles. The standard InChI is InChI=1S/C46H54N4.4ClH.2Cu/c1-28(2)34-20-43(35-22-39(29(3)4)45(40(23-35)30(5)6)49-26-37-16-12-14-18-47-37)33(11)44(21-34)36-24-41(31(7)8)46(42(25-36)32(9)10)50-27-38-17-13-15-19-48-38;;;;;;/h12-32H,1-11H3;4*1H;;. The second-order valence-electron chi connectivity index (χ2n) is 15.0. The Kier molecular flexibility index (Phi) is 24.9. The summed E-state index contributed by atoms with van der Waals surface area (Å²) in [4.78, 5) is 19.1. The number of hydrogen-bond acceptors (Lipinski definition) is 4. The van der Waals surface area contributed by atoms with Crippen LogP contribution in [-0.4, -0.2) is 22.4 Å². The fourth-order valence-corrected chi connectivity index (χ4v) is 6.57. The summed E-state index contributed by atoms with van der Waals surface area (Å²) >= 11 is 0. The van der Waals surface area contributed by atoms with Gasteiger partial charge < -0.3 is 0 Å². The van der Waals surface area contributed by atoms with E-state index >= 15 is 0 Å². The number of nitrogens with zero attached hydrogens (tertiary/aromatic N) is 4. The van der Waals surface area contributed by atoms with Gasteiger partial charge in [-0.15, -0.1) is 49.6 Å². The fourth-order valence-electron chi connectivity index (χ4n) is 6.57. The maximum Gasteiger partial charge on any atom is 0.0812 e. The molecule has 0 saturated carbocycles. The van der Waals surface area contributed by atoms with Gasteiger partial charge >= 0.3 is 0 Å². The van der Waals surface area contributed by atoms with E-state index in [4.69, 9.17) is 9.98 Å². The van der Waals surface area contributed by atoms with Crippen molar-refractivity contribution in [2.75, 3.05) is 0 Å². The monoisotopic (exact) mass is 932 g/mol. The van der Waals surface area contributed by atoms with Crippen LogP contribution >= 0.6 is 49.6 Å². The van der Waals surface area contributed by atoms with E-state index in [1.165, 1.54) is 55.6 Å². The first-order chi connectivity index (χ1) is 23.8. The first kappa shape index (κ1) is 55.6. The Morgan fingerprint density at radius 2 is 0.786 bits per heavy atom. The summed E-state index contributed by atoms with van der Waals surface area (Å²) in [5.74, 6) is 1.59. The van der Waals surface area contributed by atoms with Crippen LogP contribution in [0.4, 0.5) is 11.4 Å². The largest absolute Gasteiger partial charge is 0.255 e. The Labute approximate surface area is 382 Å². The third-order valence-corrected chi connectivity index (χ3v) is 9.57. The molecule has 0 aliphatic carbocycles. The molecule has 2 heterocycles. The molecule has 0 fully saturated rings. The molecule has 0 amide bonds. The van der Waals surface area contributed by atoms with E-state index in [1.807, 2.05) is 61.2 Å². The first-order valence-corrected chi connectivity index (χ1v) is 18.3. The van der Waals surface area contributed by atoms with E-state index in [1.54, 1.807) is 0 Å². The first-order valence-electron chi connectivity index (χ1n) is 18.3. The zero-order valence-electron chi connectivity index (χ0n) is 34.1. The smallest absolute Gasteiger partial charge is 0.0812 e. The Morgan fingerprint density at radius 3 is 1.04 bits per heavy atom. The molecule has 56 heavy (non-hydrogen) atoms. The zero-order chi connectivity index (χ0) is 36.1. The molecule has 5 rings (SSSR count). The molecule has 5 aromatic rings. The summed E-state index contributed by atoms with van der Waals surface area (Å²) in [6, 6.07) is 26.2. The van der Waals surface area contributed by atoms with Crippen molar-refractivity contribution in [1.29, 1.82) is 0 Å². The second kappa shape index (κ2) is 25.1. The number of halogens is 4. The normalized spacial score (nSPS) is 10.9. The van der Waals surface area contributed by atoms with Gasteiger partial charge in [0.05, 0.1) is 35.2 Å². The molecular weight excluding hydrogens is 877 g/mol. The van der Waals surface area contributed by atoms with Gasteiger partial charge in [0.15, 0.2) is 0 Å². The van der Waals surface area contributed by atoms with Gasteiger partial charge in [0.1, 0.15) is 0 Å². The van der Waals surface area contributed by atoms with Crippen LogP contribution in [-0.2, 0) is 34.1 Å².